The van der Waals surface area contributed by atoms with Gasteiger partial charge in [-0.05, 0) is 35.4 Å². The molecule has 8 heteroatoms. The zero-order chi connectivity index (χ0) is 19.6. The van der Waals surface area contributed by atoms with Crippen molar-refractivity contribution >= 4 is 33.6 Å². The number of aromatic nitrogens is 5. The lowest BCUT2D eigenvalue weighted by atomic mass is 10.2. The van der Waals surface area contributed by atoms with Gasteiger partial charge in [0.25, 0.3) is 0 Å². The molecule has 1 aliphatic heterocycles. The molecule has 0 spiro atoms. The number of fused-ring (bicyclic) bond motifs is 3. The number of rotatable bonds is 7. The van der Waals surface area contributed by atoms with Crippen LogP contribution in [0.3, 0.4) is 0 Å². The van der Waals surface area contributed by atoms with Crippen LogP contribution in [0.2, 0.25) is 0 Å². The highest BCUT2D eigenvalue weighted by atomic mass is 32.2. The molecule has 29 heavy (non-hydrogen) atoms. The van der Waals surface area contributed by atoms with Crippen molar-refractivity contribution in [3.8, 4) is 0 Å². The van der Waals surface area contributed by atoms with E-state index in [0.29, 0.717) is 18.8 Å². The van der Waals surface area contributed by atoms with Gasteiger partial charge in [-0.1, -0.05) is 48.2 Å². The summed E-state index contributed by atoms with van der Waals surface area (Å²) in [4.78, 5) is 0. The monoisotopic (exact) mass is 409 g/mol. The average Bonchev–Trinajstić information content (AvgIpc) is 3.48. The third-order valence-corrected chi connectivity index (χ3v) is 6.48. The van der Waals surface area contributed by atoms with Crippen molar-refractivity contribution in [2.24, 2.45) is 0 Å². The van der Waals surface area contributed by atoms with E-state index in [1.54, 1.807) is 4.68 Å². The lowest BCUT2D eigenvalue weighted by Crippen LogP contribution is -2.20. The van der Waals surface area contributed by atoms with E-state index in [2.05, 4.69) is 56.5 Å². The second-order valence-corrected chi connectivity index (χ2v) is 8.38. The van der Waals surface area contributed by atoms with Crippen LogP contribution in [0.25, 0.3) is 21.8 Å². The summed E-state index contributed by atoms with van der Waals surface area (Å²) < 4.78 is 9.67. The van der Waals surface area contributed by atoms with E-state index in [1.165, 1.54) is 22.5 Å². The van der Waals surface area contributed by atoms with Gasteiger partial charge in [-0.3, -0.25) is 0 Å². The summed E-state index contributed by atoms with van der Waals surface area (Å²) >= 11 is 1.49. The zero-order valence-electron chi connectivity index (χ0n) is 16.0. The van der Waals surface area contributed by atoms with Crippen LogP contribution >= 0.6 is 11.8 Å². The second-order valence-electron chi connectivity index (χ2n) is 7.39. The SMILES string of the molecule is O[C@H](CSc1nnnn1C[C@H]1CCCO1)Cn1c2ccccc2c2ccccc21. The van der Waals surface area contributed by atoms with Crippen molar-refractivity contribution in [1.29, 1.82) is 0 Å². The summed E-state index contributed by atoms with van der Waals surface area (Å²) in [6, 6.07) is 16.7. The Balaban J connectivity index is 1.30. The highest BCUT2D eigenvalue weighted by molar-refractivity contribution is 7.99. The first-order valence-electron chi connectivity index (χ1n) is 9.94. The van der Waals surface area contributed by atoms with Gasteiger partial charge in [0, 0.05) is 34.2 Å². The molecule has 2 aromatic heterocycles. The molecule has 2 atom stereocenters. The smallest absolute Gasteiger partial charge is 0.209 e. The Morgan fingerprint density at radius 2 is 1.83 bits per heavy atom. The number of hydrogen-bond donors (Lipinski definition) is 1. The fraction of sp³-hybridized carbons (Fsp3) is 0.381. The Morgan fingerprint density at radius 1 is 1.10 bits per heavy atom. The van der Waals surface area contributed by atoms with E-state index in [9.17, 15) is 5.11 Å². The minimum atomic E-state index is -0.521. The van der Waals surface area contributed by atoms with Gasteiger partial charge in [0.15, 0.2) is 0 Å². The minimum absolute atomic E-state index is 0.181. The highest BCUT2D eigenvalue weighted by Gasteiger charge is 2.20. The third kappa shape index (κ3) is 3.75. The molecule has 1 fully saturated rings. The number of tetrazole rings is 1. The molecule has 3 heterocycles. The molecule has 0 saturated carbocycles. The average molecular weight is 410 g/mol. The number of thioether (sulfide) groups is 1. The third-order valence-electron chi connectivity index (χ3n) is 5.38. The number of hydrogen-bond acceptors (Lipinski definition) is 6. The van der Waals surface area contributed by atoms with Gasteiger partial charge in [-0.15, -0.1) is 5.10 Å². The van der Waals surface area contributed by atoms with Crippen molar-refractivity contribution in [3.05, 3.63) is 48.5 Å². The summed E-state index contributed by atoms with van der Waals surface area (Å²) in [6.45, 7) is 2.00. The van der Waals surface area contributed by atoms with E-state index >= 15 is 0 Å². The fourth-order valence-corrected chi connectivity index (χ4v) is 4.83. The van der Waals surface area contributed by atoms with Crippen molar-refractivity contribution in [1.82, 2.24) is 24.8 Å². The maximum Gasteiger partial charge on any atom is 0.209 e. The van der Waals surface area contributed by atoms with Crippen molar-refractivity contribution < 1.29 is 9.84 Å². The first-order valence-corrected chi connectivity index (χ1v) is 10.9. The van der Waals surface area contributed by atoms with Crippen LogP contribution < -0.4 is 0 Å². The summed E-state index contributed by atoms with van der Waals surface area (Å²) in [7, 11) is 0. The Hall–Kier alpha value is -2.42. The summed E-state index contributed by atoms with van der Waals surface area (Å²) in [5, 5.41) is 25.9. The van der Waals surface area contributed by atoms with E-state index in [-0.39, 0.29) is 6.10 Å². The van der Waals surface area contributed by atoms with Crippen LogP contribution in [0, 0.1) is 0 Å². The van der Waals surface area contributed by atoms with E-state index < -0.39 is 6.10 Å². The number of ether oxygens (including phenoxy) is 1. The molecule has 4 aromatic rings. The molecular weight excluding hydrogens is 386 g/mol. The lowest BCUT2D eigenvalue weighted by molar-refractivity contribution is 0.0911. The van der Waals surface area contributed by atoms with E-state index in [4.69, 9.17) is 4.74 Å². The maximum absolute atomic E-state index is 10.8. The van der Waals surface area contributed by atoms with Gasteiger partial charge < -0.3 is 14.4 Å². The van der Waals surface area contributed by atoms with E-state index in [1.807, 2.05) is 12.1 Å². The van der Waals surface area contributed by atoms with Gasteiger partial charge in [0.2, 0.25) is 5.16 Å². The summed E-state index contributed by atoms with van der Waals surface area (Å²) in [5.74, 6) is 0.521. The molecule has 1 N–H and O–H groups in total. The van der Waals surface area contributed by atoms with Gasteiger partial charge in [0.1, 0.15) is 0 Å². The van der Waals surface area contributed by atoms with Crippen LogP contribution in [0.4, 0.5) is 0 Å². The standard InChI is InChI=1S/C21H23N5O2S/c27-15(14-29-21-22-23-24-26(21)13-16-6-5-11-28-16)12-25-19-9-3-1-7-17(19)18-8-2-4-10-20(18)25/h1-4,7-10,15-16,27H,5-6,11-14H2/t15-,16+/m0/s1. The highest BCUT2D eigenvalue weighted by Crippen LogP contribution is 2.29. The van der Waals surface area contributed by atoms with Gasteiger partial charge >= 0.3 is 0 Å². The molecule has 0 radical (unpaired) electrons. The molecule has 1 aliphatic rings. The molecule has 150 valence electrons. The number of nitrogens with zero attached hydrogens (tertiary/aromatic N) is 5. The first kappa shape index (κ1) is 18.6. The predicted molar refractivity (Wildman–Crippen MR) is 113 cm³/mol. The minimum Gasteiger partial charge on any atom is -0.390 e. The number of para-hydroxylation sites is 2. The van der Waals surface area contributed by atoms with Crippen LogP contribution in [0.5, 0.6) is 0 Å². The Morgan fingerprint density at radius 3 is 2.52 bits per heavy atom. The number of aliphatic hydroxyl groups excluding tert-OH is 1. The first-order chi connectivity index (χ1) is 14.3. The molecular formula is C21H23N5O2S. The quantitative estimate of drug-likeness (QED) is 0.473. The van der Waals surface area contributed by atoms with Gasteiger partial charge in [-0.2, -0.15) is 0 Å². The Bertz CT molecular complexity index is 1070. The molecule has 0 bridgehead atoms. The molecule has 0 amide bonds. The number of benzene rings is 2. The van der Waals surface area contributed by atoms with Crippen molar-refractivity contribution in [2.45, 2.75) is 43.3 Å². The van der Waals surface area contributed by atoms with Crippen LogP contribution in [-0.2, 0) is 17.8 Å². The second kappa shape index (κ2) is 8.14. The van der Waals surface area contributed by atoms with Crippen LogP contribution in [-0.4, -0.2) is 54.4 Å². The topological polar surface area (TPSA) is 78.0 Å². The molecule has 2 aromatic carbocycles. The summed E-state index contributed by atoms with van der Waals surface area (Å²) in [5.41, 5.74) is 2.28. The van der Waals surface area contributed by atoms with Crippen LogP contribution in [0.15, 0.2) is 53.7 Å². The molecule has 5 rings (SSSR count). The molecule has 7 nitrogen and oxygen atoms in total. The fourth-order valence-electron chi connectivity index (χ4n) is 4.03. The largest absolute Gasteiger partial charge is 0.390 e. The zero-order valence-corrected chi connectivity index (χ0v) is 16.8. The number of aliphatic hydroxyl groups is 1. The van der Waals surface area contributed by atoms with Crippen LogP contribution in [0.1, 0.15) is 12.8 Å². The van der Waals surface area contributed by atoms with E-state index in [0.717, 1.165) is 35.6 Å². The lowest BCUT2D eigenvalue weighted by Gasteiger charge is -2.14. The van der Waals surface area contributed by atoms with Gasteiger partial charge in [-0.25, -0.2) is 4.68 Å². The van der Waals surface area contributed by atoms with Crippen molar-refractivity contribution in [2.75, 3.05) is 12.4 Å². The Kier molecular flexibility index (Phi) is 5.22. The predicted octanol–water partition coefficient (Wildman–Crippen LogP) is 3.11. The Labute approximate surface area is 172 Å². The van der Waals surface area contributed by atoms with Crippen molar-refractivity contribution in [3.63, 3.8) is 0 Å². The normalized spacial score (nSPS) is 18.0. The molecule has 1 saturated heterocycles. The maximum atomic E-state index is 10.8. The van der Waals surface area contributed by atoms with Gasteiger partial charge in [0.05, 0.1) is 25.3 Å². The summed E-state index contributed by atoms with van der Waals surface area (Å²) in [6.07, 6.45) is 1.79. The molecule has 0 unspecified atom stereocenters. The molecule has 0 aliphatic carbocycles.